The van der Waals surface area contributed by atoms with Gasteiger partial charge in [-0.15, -0.1) is 0 Å². The lowest BCUT2D eigenvalue weighted by atomic mass is 9.93. The van der Waals surface area contributed by atoms with Crippen molar-refractivity contribution in [1.29, 1.82) is 0 Å². The van der Waals surface area contributed by atoms with E-state index in [1.807, 2.05) is 12.1 Å². The average Bonchev–Trinajstić information content (AvgIpc) is 2.73. The first-order chi connectivity index (χ1) is 13.6. The maximum Gasteiger partial charge on any atom is 0.407 e. The molecule has 7 heteroatoms. The highest BCUT2D eigenvalue weighted by molar-refractivity contribution is 5.79. The largest absolute Gasteiger partial charge is 0.497 e. The quantitative estimate of drug-likeness (QED) is 0.639. The summed E-state index contributed by atoms with van der Waals surface area (Å²) in [5.41, 5.74) is 1.35. The molecule has 0 aliphatic carbocycles. The number of hydrogen-bond acceptors (Lipinski definition) is 5. The molecule has 1 aromatic carbocycles. The Morgan fingerprint density at radius 2 is 1.89 bits per heavy atom. The van der Waals surface area contributed by atoms with E-state index in [1.54, 1.807) is 7.11 Å². The van der Waals surface area contributed by atoms with Gasteiger partial charge in [-0.3, -0.25) is 4.79 Å². The fourth-order valence-corrected chi connectivity index (χ4v) is 3.43. The van der Waals surface area contributed by atoms with Gasteiger partial charge < -0.3 is 25.0 Å². The molecule has 0 atom stereocenters. The molecule has 0 aromatic heterocycles. The Morgan fingerprint density at radius 1 is 1.18 bits per heavy atom. The molecule has 2 N–H and O–H groups in total. The third-order valence-corrected chi connectivity index (χ3v) is 5.24. The number of benzene rings is 1. The number of alkyl carbamates (subject to hydrolysis) is 1. The number of nitrogens with one attached hydrogen (secondary N) is 2. The molecule has 0 saturated carbocycles. The number of amides is 2. The number of rotatable bonds is 10. The number of hydrogen-bond donors (Lipinski definition) is 2. The van der Waals surface area contributed by atoms with Crippen LogP contribution in [0.15, 0.2) is 24.3 Å². The van der Waals surface area contributed by atoms with E-state index in [2.05, 4.69) is 27.7 Å². The van der Waals surface area contributed by atoms with Gasteiger partial charge in [-0.1, -0.05) is 12.1 Å². The predicted octanol–water partition coefficient (Wildman–Crippen LogP) is 2.20. The Labute approximate surface area is 167 Å². The van der Waals surface area contributed by atoms with Gasteiger partial charge in [0.1, 0.15) is 5.75 Å². The lowest BCUT2D eigenvalue weighted by Gasteiger charge is -2.32. The molecule has 1 aliphatic heterocycles. The number of piperidine rings is 1. The van der Waals surface area contributed by atoms with Crippen LogP contribution >= 0.6 is 0 Å². The molecule has 2 rings (SSSR count). The van der Waals surface area contributed by atoms with Crippen LogP contribution in [0.4, 0.5) is 4.79 Å². The molecule has 1 aliphatic rings. The fraction of sp³-hybridized carbons (Fsp3) is 0.619. The van der Waals surface area contributed by atoms with Gasteiger partial charge in [-0.2, -0.15) is 0 Å². The van der Waals surface area contributed by atoms with Crippen molar-refractivity contribution in [2.75, 3.05) is 46.9 Å². The van der Waals surface area contributed by atoms with Gasteiger partial charge in [-0.05, 0) is 75.4 Å². The zero-order valence-corrected chi connectivity index (χ0v) is 17.0. The van der Waals surface area contributed by atoms with E-state index in [-0.39, 0.29) is 12.5 Å². The Morgan fingerprint density at radius 3 is 2.54 bits per heavy atom. The zero-order valence-electron chi connectivity index (χ0n) is 17.0. The summed E-state index contributed by atoms with van der Waals surface area (Å²) >= 11 is 0. The van der Waals surface area contributed by atoms with Crippen molar-refractivity contribution in [3.8, 4) is 5.75 Å². The van der Waals surface area contributed by atoms with E-state index in [4.69, 9.17) is 9.47 Å². The second-order valence-corrected chi connectivity index (χ2v) is 7.20. The number of carbonyl (C=O) groups excluding carboxylic acids is 2. The smallest absolute Gasteiger partial charge is 0.407 e. The van der Waals surface area contributed by atoms with Crippen LogP contribution in [0, 0.1) is 5.92 Å². The summed E-state index contributed by atoms with van der Waals surface area (Å²) in [6.45, 7) is 3.72. The van der Waals surface area contributed by atoms with E-state index in [9.17, 15) is 9.59 Å². The minimum Gasteiger partial charge on any atom is -0.497 e. The summed E-state index contributed by atoms with van der Waals surface area (Å²) in [6.07, 6.45) is 5.01. The number of methoxy groups -OCH3 is 1. The van der Waals surface area contributed by atoms with E-state index in [0.717, 1.165) is 57.5 Å². The van der Waals surface area contributed by atoms with E-state index in [0.29, 0.717) is 12.5 Å². The molecule has 1 saturated heterocycles. The van der Waals surface area contributed by atoms with Gasteiger partial charge in [0.05, 0.1) is 7.11 Å². The first-order valence-corrected chi connectivity index (χ1v) is 10.1. The van der Waals surface area contributed by atoms with Gasteiger partial charge in [0.15, 0.2) is 6.61 Å². The molecule has 0 bridgehead atoms. The van der Waals surface area contributed by atoms with Gasteiger partial charge in [0.25, 0.3) is 5.91 Å². The van der Waals surface area contributed by atoms with Gasteiger partial charge in [-0.25, -0.2) is 4.79 Å². The minimum atomic E-state index is -0.528. The minimum absolute atomic E-state index is 0.239. The molecule has 0 spiro atoms. The molecule has 7 nitrogen and oxygen atoms in total. The molecule has 156 valence electrons. The Kier molecular flexibility index (Phi) is 9.62. The van der Waals surface area contributed by atoms with Crippen molar-refractivity contribution in [3.05, 3.63) is 29.8 Å². The summed E-state index contributed by atoms with van der Waals surface area (Å²) in [5, 5.41) is 5.12. The summed E-state index contributed by atoms with van der Waals surface area (Å²) in [6, 6.07) is 8.31. The highest BCUT2D eigenvalue weighted by Gasteiger charge is 2.19. The van der Waals surface area contributed by atoms with Crippen molar-refractivity contribution in [2.45, 2.75) is 32.1 Å². The first kappa shape index (κ1) is 22.0. The van der Waals surface area contributed by atoms with Crippen LogP contribution in [0.3, 0.4) is 0 Å². The fourth-order valence-electron chi connectivity index (χ4n) is 3.43. The van der Waals surface area contributed by atoms with Crippen molar-refractivity contribution in [2.24, 2.45) is 5.92 Å². The number of ether oxygens (including phenoxy) is 2. The molecule has 28 heavy (non-hydrogen) atoms. The lowest BCUT2D eigenvalue weighted by molar-refractivity contribution is -0.123. The highest BCUT2D eigenvalue weighted by atomic mass is 16.6. The number of aryl methyl sites for hydroxylation is 1. The molecular weight excluding hydrogens is 358 g/mol. The van der Waals surface area contributed by atoms with Crippen molar-refractivity contribution >= 4 is 12.0 Å². The Hall–Kier alpha value is -2.28. The molecule has 2 amide bonds. The van der Waals surface area contributed by atoms with Crippen molar-refractivity contribution in [3.63, 3.8) is 0 Å². The summed E-state index contributed by atoms with van der Waals surface area (Å²) in [7, 11) is 3.20. The van der Waals surface area contributed by atoms with Gasteiger partial charge >= 0.3 is 6.09 Å². The highest BCUT2D eigenvalue weighted by Crippen LogP contribution is 2.20. The number of likely N-dealkylation sites (N-methyl/N-ethyl adjacent to an activating group) is 1. The maximum absolute atomic E-state index is 11.5. The number of carbonyl (C=O) groups is 2. The van der Waals surface area contributed by atoms with E-state index < -0.39 is 6.09 Å². The zero-order chi connectivity index (χ0) is 20.2. The van der Waals surface area contributed by atoms with Crippen LogP contribution in [0.2, 0.25) is 0 Å². The van der Waals surface area contributed by atoms with Crippen LogP contribution in [-0.4, -0.2) is 63.8 Å². The number of nitrogens with zero attached hydrogens (tertiary/aromatic N) is 1. The predicted molar refractivity (Wildman–Crippen MR) is 109 cm³/mol. The molecule has 0 radical (unpaired) electrons. The third kappa shape index (κ3) is 8.17. The number of likely N-dealkylation sites (tertiary alicyclic amines) is 1. The van der Waals surface area contributed by atoms with Crippen LogP contribution in [0.1, 0.15) is 31.2 Å². The standard InChI is InChI=1S/C21H33N3O4/c1-22-20(25)16-28-21(26)23-12-9-18-10-14-24(15-11-18)13-3-4-17-5-7-19(27-2)8-6-17/h5-8,18H,3-4,9-16H2,1-2H3,(H,22,25)(H,23,26). The molecular formula is C21H33N3O4. The van der Waals surface area contributed by atoms with Crippen LogP contribution in [0.5, 0.6) is 5.75 Å². The monoisotopic (exact) mass is 391 g/mol. The Bertz CT molecular complexity index is 598. The van der Waals surface area contributed by atoms with Crippen LogP contribution in [-0.2, 0) is 16.0 Å². The summed E-state index contributed by atoms with van der Waals surface area (Å²) in [5.74, 6) is 1.23. The molecule has 1 fully saturated rings. The average molecular weight is 392 g/mol. The van der Waals surface area contributed by atoms with E-state index in [1.165, 1.54) is 12.6 Å². The van der Waals surface area contributed by atoms with Crippen molar-refractivity contribution in [1.82, 2.24) is 15.5 Å². The lowest BCUT2D eigenvalue weighted by Crippen LogP contribution is -2.36. The molecule has 0 unspecified atom stereocenters. The molecule has 1 heterocycles. The third-order valence-electron chi connectivity index (χ3n) is 5.24. The van der Waals surface area contributed by atoms with E-state index >= 15 is 0 Å². The van der Waals surface area contributed by atoms with Gasteiger partial charge in [0.2, 0.25) is 0 Å². The first-order valence-electron chi connectivity index (χ1n) is 10.1. The summed E-state index contributed by atoms with van der Waals surface area (Å²) < 4.78 is 10.0. The normalized spacial score (nSPS) is 15.1. The maximum atomic E-state index is 11.5. The van der Waals surface area contributed by atoms with Crippen LogP contribution < -0.4 is 15.4 Å². The second kappa shape index (κ2) is 12.2. The topological polar surface area (TPSA) is 79.9 Å². The van der Waals surface area contributed by atoms with Crippen LogP contribution in [0.25, 0.3) is 0 Å². The summed E-state index contributed by atoms with van der Waals surface area (Å²) in [4.78, 5) is 25.1. The SMILES string of the molecule is CNC(=O)COC(=O)NCCC1CCN(CCCc2ccc(OC)cc2)CC1. The Balaban J connectivity index is 1.52. The van der Waals surface area contributed by atoms with Crippen molar-refractivity contribution < 1.29 is 19.1 Å². The second-order valence-electron chi connectivity index (χ2n) is 7.20. The van der Waals surface area contributed by atoms with Gasteiger partial charge in [0, 0.05) is 13.6 Å². The molecule has 1 aromatic rings.